The van der Waals surface area contributed by atoms with E-state index in [1.165, 1.54) is 10.5 Å². The summed E-state index contributed by atoms with van der Waals surface area (Å²) in [5, 5.41) is 0.931. The second-order valence-corrected chi connectivity index (χ2v) is 10.0. The molecule has 0 spiro atoms. The summed E-state index contributed by atoms with van der Waals surface area (Å²) in [6, 6.07) is 7.11. The van der Waals surface area contributed by atoms with Gasteiger partial charge in [-0.1, -0.05) is 34.2 Å². The molecule has 1 aliphatic carbocycles. The number of benzene rings is 1. The molecule has 190 valence electrons. The van der Waals surface area contributed by atoms with E-state index in [1.54, 1.807) is 12.5 Å². The van der Waals surface area contributed by atoms with Crippen LogP contribution < -0.4 is 10.6 Å². The van der Waals surface area contributed by atoms with E-state index in [-0.39, 0.29) is 0 Å². The second-order valence-electron chi connectivity index (χ2n) is 9.13. The Morgan fingerprint density at radius 1 is 1.11 bits per heavy atom. The SMILES string of the molecule is NC(=O)N(CCCCN1CCN(C2=COC=C(C3=CC=CCC3)O2)CC1)c1cc2cc(Br)ccc2o1. The van der Waals surface area contributed by atoms with Gasteiger partial charge in [0.15, 0.2) is 12.0 Å². The Labute approximate surface area is 219 Å². The number of nitrogens with zero attached hydrogens (tertiary/aromatic N) is 3. The Balaban J connectivity index is 1.06. The summed E-state index contributed by atoms with van der Waals surface area (Å²) in [6.45, 7) is 5.14. The number of carbonyl (C=O) groups is 1. The van der Waals surface area contributed by atoms with E-state index in [1.807, 2.05) is 24.3 Å². The molecule has 3 heterocycles. The summed E-state index contributed by atoms with van der Waals surface area (Å²) in [7, 11) is 0. The minimum atomic E-state index is -0.502. The standard InChI is InChI=1S/C27H31BrN4O4/c28-22-8-9-23-21(16-22)17-25(35-23)32(27(29)33)11-5-4-10-30-12-14-31(15-13-30)26-19-34-18-24(36-26)20-6-2-1-3-7-20/h1-2,6,8-9,16-19H,3-5,7,10-15H2,(H2,29,33). The van der Waals surface area contributed by atoms with Crippen molar-refractivity contribution in [3.8, 4) is 0 Å². The topological polar surface area (TPSA) is 84.4 Å². The monoisotopic (exact) mass is 554 g/mol. The van der Waals surface area contributed by atoms with Crippen molar-refractivity contribution in [2.24, 2.45) is 5.73 Å². The Kier molecular flexibility index (Phi) is 7.67. The first-order chi connectivity index (χ1) is 17.6. The Hall–Kier alpha value is -3.17. The van der Waals surface area contributed by atoms with E-state index in [2.05, 4.69) is 44.0 Å². The minimum Gasteiger partial charge on any atom is -0.463 e. The van der Waals surface area contributed by atoms with Gasteiger partial charge < -0.3 is 24.5 Å². The summed E-state index contributed by atoms with van der Waals surface area (Å²) in [5.41, 5.74) is 7.55. The number of unbranched alkanes of at least 4 members (excludes halogenated alkanes) is 1. The van der Waals surface area contributed by atoms with Gasteiger partial charge in [-0.25, -0.2) is 4.79 Å². The molecule has 1 fully saturated rings. The number of fused-ring (bicyclic) bond motifs is 1. The molecule has 3 aliphatic rings. The first kappa shape index (κ1) is 24.5. The van der Waals surface area contributed by atoms with E-state index in [9.17, 15) is 4.79 Å². The smallest absolute Gasteiger partial charge is 0.321 e. The van der Waals surface area contributed by atoms with E-state index in [0.717, 1.165) is 85.5 Å². The van der Waals surface area contributed by atoms with Crippen molar-refractivity contribution in [2.45, 2.75) is 25.7 Å². The van der Waals surface area contributed by atoms with Crippen LogP contribution in [0.25, 0.3) is 11.0 Å². The lowest BCUT2D eigenvalue weighted by Gasteiger charge is -2.37. The molecule has 2 amide bonds. The number of allylic oxidation sites excluding steroid dienone is 4. The Bertz CT molecular complexity index is 1220. The number of ether oxygens (including phenoxy) is 2. The van der Waals surface area contributed by atoms with E-state index in [0.29, 0.717) is 12.4 Å². The molecule has 0 radical (unpaired) electrons. The van der Waals surface area contributed by atoms with Gasteiger partial charge in [0.25, 0.3) is 0 Å². The molecule has 5 rings (SSSR count). The number of carbonyl (C=O) groups excluding carboxylic acids is 1. The molecule has 2 aromatic rings. The molecule has 1 saturated heterocycles. The largest absolute Gasteiger partial charge is 0.463 e. The average molecular weight is 555 g/mol. The van der Waals surface area contributed by atoms with Gasteiger partial charge in [0, 0.05) is 48.6 Å². The van der Waals surface area contributed by atoms with Gasteiger partial charge in [-0.05, 0) is 56.0 Å². The van der Waals surface area contributed by atoms with Gasteiger partial charge in [0.2, 0.25) is 11.8 Å². The van der Waals surface area contributed by atoms with Crippen LogP contribution in [0.4, 0.5) is 10.7 Å². The maximum atomic E-state index is 12.1. The number of amides is 2. The van der Waals surface area contributed by atoms with Crippen LogP contribution in [0.2, 0.25) is 0 Å². The van der Waals surface area contributed by atoms with Gasteiger partial charge in [-0.3, -0.25) is 9.80 Å². The predicted molar refractivity (Wildman–Crippen MR) is 143 cm³/mol. The van der Waals surface area contributed by atoms with Gasteiger partial charge in [-0.2, -0.15) is 0 Å². The number of furan rings is 1. The van der Waals surface area contributed by atoms with Crippen LogP contribution >= 0.6 is 15.9 Å². The van der Waals surface area contributed by atoms with Crippen LogP contribution in [-0.2, 0) is 9.47 Å². The normalized spacial score (nSPS) is 18.2. The van der Waals surface area contributed by atoms with Gasteiger partial charge in [0.1, 0.15) is 11.8 Å². The van der Waals surface area contributed by atoms with Crippen molar-refractivity contribution >= 4 is 38.8 Å². The van der Waals surface area contributed by atoms with Crippen LogP contribution in [0.15, 0.2) is 81.1 Å². The number of urea groups is 1. The van der Waals surface area contributed by atoms with Crippen molar-refractivity contribution in [3.05, 3.63) is 76.7 Å². The number of halogens is 1. The zero-order valence-electron chi connectivity index (χ0n) is 20.2. The van der Waals surface area contributed by atoms with Crippen LogP contribution in [-0.4, -0.2) is 55.1 Å². The molecule has 0 bridgehead atoms. The lowest BCUT2D eigenvalue weighted by atomic mass is 10.0. The van der Waals surface area contributed by atoms with Gasteiger partial charge >= 0.3 is 6.03 Å². The van der Waals surface area contributed by atoms with Crippen molar-refractivity contribution in [2.75, 3.05) is 44.2 Å². The van der Waals surface area contributed by atoms with Crippen LogP contribution in [0, 0.1) is 0 Å². The van der Waals surface area contributed by atoms with Crippen molar-refractivity contribution < 1.29 is 18.7 Å². The molecular formula is C27H31BrN4O4. The first-order valence-electron chi connectivity index (χ1n) is 12.4. The fourth-order valence-corrected chi connectivity index (χ4v) is 5.04. The summed E-state index contributed by atoms with van der Waals surface area (Å²) in [5.74, 6) is 2.06. The highest BCUT2D eigenvalue weighted by molar-refractivity contribution is 9.10. The molecule has 2 aliphatic heterocycles. The average Bonchev–Trinajstić information content (AvgIpc) is 3.32. The predicted octanol–water partition coefficient (Wildman–Crippen LogP) is 5.44. The second kappa shape index (κ2) is 11.3. The first-order valence-corrected chi connectivity index (χ1v) is 13.2. The number of rotatable bonds is 8. The van der Waals surface area contributed by atoms with Crippen LogP contribution in [0.1, 0.15) is 25.7 Å². The Morgan fingerprint density at radius 2 is 1.97 bits per heavy atom. The fourth-order valence-electron chi connectivity index (χ4n) is 4.66. The molecule has 1 aromatic carbocycles. The number of anilines is 1. The number of primary amides is 1. The van der Waals surface area contributed by atoms with E-state index >= 15 is 0 Å². The summed E-state index contributed by atoms with van der Waals surface area (Å²) < 4.78 is 18.6. The maximum Gasteiger partial charge on any atom is 0.321 e. The van der Waals surface area contributed by atoms with Crippen molar-refractivity contribution in [3.63, 3.8) is 0 Å². The Morgan fingerprint density at radius 3 is 2.75 bits per heavy atom. The summed E-state index contributed by atoms with van der Waals surface area (Å²) in [6.07, 6.45) is 13.5. The van der Waals surface area contributed by atoms with E-state index < -0.39 is 6.03 Å². The highest BCUT2D eigenvalue weighted by Crippen LogP contribution is 2.29. The van der Waals surface area contributed by atoms with Crippen molar-refractivity contribution in [1.82, 2.24) is 9.80 Å². The number of hydrogen-bond acceptors (Lipinski definition) is 6. The zero-order valence-corrected chi connectivity index (χ0v) is 21.8. The summed E-state index contributed by atoms with van der Waals surface area (Å²) >= 11 is 3.46. The lowest BCUT2D eigenvalue weighted by Crippen LogP contribution is -2.46. The molecule has 1 aromatic heterocycles. The highest BCUT2D eigenvalue weighted by Gasteiger charge is 2.24. The van der Waals surface area contributed by atoms with Gasteiger partial charge in [0.05, 0.1) is 0 Å². The van der Waals surface area contributed by atoms with Crippen molar-refractivity contribution in [1.29, 1.82) is 0 Å². The molecule has 2 N–H and O–H groups in total. The molecule has 8 nitrogen and oxygen atoms in total. The van der Waals surface area contributed by atoms with E-state index in [4.69, 9.17) is 19.6 Å². The number of hydrogen-bond donors (Lipinski definition) is 1. The number of nitrogens with two attached hydrogens (primary N) is 1. The molecule has 0 atom stereocenters. The summed E-state index contributed by atoms with van der Waals surface area (Å²) in [4.78, 5) is 18.3. The van der Waals surface area contributed by atoms with Crippen LogP contribution in [0.5, 0.6) is 0 Å². The lowest BCUT2D eigenvalue weighted by molar-refractivity contribution is 0.0787. The van der Waals surface area contributed by atoms with Crippen LogP contribution in [0.3, 0.4) is 0 Å². The molecule has 0 saturated carbocycles. The molecule has 36 heavy (non-hydrogen) atoms. The highest BCUT2D eigenvalue weighted by atomic mass is 79.9. The third-order valence-corrected chi connectivity index (χ3v) is 7.17. The fraction of sp³-hybridized carbons (Fsp3) is 0.370. The molecular weight excluding hydrogens is 524 g/mol. The quantitative estimate of drug-likeness (QED) is 0.437. The zero-order chi connectivity index (χ0) is 24.9. The third-order valence-electron chi connectivity index (χ3n) is 6.68. The maximum absolute atomic E-state index is 12.1. The molecule has 0 unspecified atom stereocenters. The minimum absolute atomic E-state index is 0.487. The number of piperazine rings is 1. The molecule has 9 heteroatoms. The van der Waals surface area contributed by atoms with Gasteiger partial charge in [-0.15, -0.1) is 0 Å². The third kappa shape index (κ3) is 5.79.